The van der Waals surface area contributed by atoms with Crippen molar-refractivity contribution >= 4 is 20.6 Å². The largest absolute Gasteiger partial charge is 0.460 e. The summed E-state index contributed by atoms with van der Waals surface area (Å²) in [5.74, 6) is -0.434. The fraction of sp³-hybridized carbons (Fsp3) is 0.905. The van der Waals surface area contributed by atoms with Crippen molar-refractivity contribution in [1.29, 1.82) is 0 Å². The lowest BCUT2D eigenvalue weighted by atomic mass is 9.79. The first-order chi connectivity index (χ1) is 12.4. The number of carbonyl (C=O) groups is 2. The highest BCUT2D eigenvalue weighted by Gasteiger charge is 2.51. The number of hydrogen-bond donors (Lipinski definition) is 1. The molecule has 1 fully saturated rings. The van der Waals surface area contributed by atoms with E-state index in [4.69, 9.17) is 9.16 Å². The molecule has 0 aromatic heterocycles. The predicted molar refractivity (Wildman–Crippen MR) is 112 cm³/mol. The number of carbonyl (C=O) groups excluding carboxylic acids is 2. The number of esters is 1. The molecule has 0 radical (unpaired) electrons. The number of nitrogens with one attached hydrogen (secondary N) is 1. The van der Waals surface area contributed by atoms with Crippen LogP contribution in [-0.4, -0.2) is 44.4 Å². The van der Waals surface area contributed by atoms with E-state index in [-0.39, 0.29) is 29.4 Å². The number of aldehydes is 1. The maximum Gasteiger partial charge on any atom is 0.311 e. The summed E-state index contributed by atoms with van der Waals surface area (Å²) in [7, 11) is -1.85. The van der Waals surface area contributed by atoms with Crippen LogP contribution in [0.15, 0.2) is 0 Å². The molecule has 1 unspecified atom stereocenters. The molecule has 3 atom stereocenters. The van der Waals surface area contributed by atoms with Crippen molar-refractivity contribution in [3.63, 3.8) is 0 Å². The molecule has 0 bridgehead atoms. The molecule has 1 heterocycles. The predicted octanol–water partition coefficient (Wildman–Crippen LogP) is 4.31. The van der Waals surface area contributed by atoms with E-state index in [9.17, 15) is 9.59 Å². The normalized spacial score (nSPS) is 23.9. The van der Waals surface area contributed by atoms with E-state index in [0.717, 1.165) is 24.4 Å². The highest BCUT2D eigenvalue weighted by molar-refractivity contribution is 6.73. The number of ether oxygens (including phenoxy) is 1. The quantitative estimate of drug-likeness (QED) is 0.337. The van der Waals surface area contributed by atoms with Crippen molar-refractivity contribution in [1.82, 2.24) is 5.32 Å². The van der Waals surface area contributed by atoms with Crippen LogP contribution in [0.2, 0.25) is 18.1 Å². The van der Waals surface area contributed by atoms with E-state index < -0.39 is 13.9 Å². The third kappa shape index (κ3) is 6.40. The second kappa shape index (κ2) is 9.66. The van der Waals surface area contributed by atoms with Crippen molar-refractivity contribution in [2.45, 2.75) is 104 Å². The number of hydrogen-bond acceptors (Lipinski definition) is 5. The van der Waals surface area contributed by atoms with Crippen molar-refractivity contribution in [2.75, 3.05) is 6.54 Å². The van der Waals surface area contributed by atoms with E-state index in [2.05, 4.69) is 39.9 Å². The van der Waals surface area contributed by atoms with E-state index in [0.29, 0.717) is 19.4 Å². The summed E-state index contributed by atoms with van der Waals surface area (Å²) in [5.41, 5.74) is -0.876. The SMILES string of the molecule is CC[Si](CC)(CC)O[C@@H](CCC=O)C1CNC(C)(C)[C@H]1C(=O)OC(C)(C)C. The van der Waals surface area contributed by atoms with Crippen LogP contribution in [0, 0.1) is 11.8 Å². The molecule has 1 saturated heterocycles. The molecule has 27 heavy (non-hydrogen) atoms. The molecule has 0 aromatic rings. The summed E-state index contributed by atoms with van der Waals surface area (Å²) >= 11 is 0. The third-order valence-corrected chi connectivity index (χ3v) is 10.7. The van der Waals surface area contributed by atoms with Crippen LogP contribution >= 0.6 is 0 Å². The highest BCUT2D eigenvalue weighted by atomic mass is 28.4. The molecule has 0 saturated carbocycles. The summed E-state index contributed by atoms with van der Waals surface area (Å²) in [4.78, 5) is 24.1. The summed E-state index contributed by atoms with van der Waals surface area (Å²) < 4.78 is 12.6. The van der Waals surface area contributed by atoms with Crippen molar-refractivity contribution < 1.29 is 18.8 Å². The Hall–Kier alpha value is -0.723. The molecule has 1 aliphatic heterocycles. The van der Waals surface area contributed by atoms with Gasteiger partial charge < -0.3 is 19.3 Å². The fourth-order valence-corrected chi connectivity index (χ4v) is 7.17. The molecule has 1 aliphatic rings. The maximum absolute atomic E-state index is 13.1. The fourth-order valence-electron chi connectivity index (χ4n) is 4.24. The van der Waals surface area contributed by atoms with Gasteiger partial charge in [0.05, 0.1) is 12.0 Å². The summed E-state index contributed by atoms with van der Waals surface area (Å²) in [5, 5.41) is 3.51. The lowest BCUT2D eigenvalue weighted by molar-refractivity contribution is -0.164. The molecular weight excluding hydrogens is 358 g/mol. The smallest absolute Gasteiger partial charge is 0.311 e. The minimum absolute atomic E-state index is 0.0197. The zero-order valence-electron chi connectivity index (χ0n) is 18.7. The lowest BCUT2D eigenvalue weighted by Gasteiger charge is -2.39. The van der Waals surface area contributed by atoms with E-state index in [1.165, 1.54) is 0 Å². The Morgan fingerprint density at radius 1 is 1.22 bits per heavy atom. The van der Waals surface area contributed by atoms with Gasteiger partial charge >= 0.3 is 5.97 Å². The Bertz CT molecular complexity index is 489. The monoisotopic (exact) mass is 399 g/mol. The van der Waals surface area contributed by atoms with Crippen LogP contribution in [0.25, 0.3) is 0 Å². The summed E-state index contributed by atoms with van der Waals surface area (Å²) in [6.45, 7) is 17.2. The van der Waals surface area contributed by atoms with Crippen molar-refractivity contribution in [3.05, 3.63) is 0 Å². The Morgan fingerprint density at radius 3 is 2.22 bits per heavy atom. The van der Waals surface area contributed by atoms with Gasteiger partial charge in [0.2, 0.25) is 0 Å². The first kappa shape index (κ1) is 24.3. The van der Waals surface area contributed by atoms with Crippen LogP contribution < -0.4 is 5.32 Å². The molecular formula is C21H41NO4Si. The molecule has 0 aliphatic carbocycles. The standard InChI is InChI=1S/C21H41NO4Si/c1-9-27(10-2,11-3)26-17(13-12-14-23)16-15-22-21(7,8)18(16)19(24)25-20(4,5)6/h14,16-18,22H,9-13,15H2,1-8H3/t16?,17-,18+/m0/s1. The molecule has 1 rings (SSSR count). The van der Waals surface area contributed by atoms with Gasteiger partial charge in [0.25, 0.3) is 0 Å². The molecule has 0 amide bonds. The Balaban J connectivity index is 3.17. The van der Waals surface area contributed by atoms with E-state index >= 15 is 0 Å². The van der Waals surface area contributed by atoms with Crippen molar-refractivity contribution in [3.8, 4) is 0 Å². The average molecular weight is 400 g/mol. The van der Waals surface area contributed by atoms with Crippen molar-refractivity contribution in [2.24, 2.45) is 11.8 Å². The molecule has 1 N–H and O–H groups in total. The second-order valence-electron chi connectivity index (χ2n) is 9.42. The van der Waals surface area contributed by atoms with Gasteiger partial charge in [0.1, 0.15) is 11.9 Å². The van der Waals surface area contributed by atoms with Gasteiger partial charge in [-0.05, 0) is 59.2 Å². The summed E-state index contributed by atoms with van der Waals surface area (Å²) in [6.07, 6.45) is 2.00. The minimum Gasteiger partial charge on any atom is -0.460 e. The van der Waals surface area contributed by atoms with Gasteiger partial charge in [-0.25, -0.2) is 0 Å². The van der Waals surface area contributed by atoms with Crippen LogP contribution in [0.1, 0.15) is 68.2 Å². The zero-order chi connectivity index (χ0) is 20.9. The minimum atomic E-state index is -1.85. The second-order valence-corrected chi connectivity index (χ2v) is 14.1. The van der Waals surface area contributed by atoms with E-state index in [1.807, 2.05) is 20.8 Å². The van der Waals surface area contributed by atoms with Gasteiger partial charge in [-0.1, -0.05) is 20.8 Å². The number of rotatable bonds is 10. The van der Waals surface area contributed by atoms with Crippen LogP contribution in [0.4, 0.5) is 0 Å². The molecule has 5 nitrogen and oxygen atoms in total. The topological polar surface area (TPSA) is 64.6 Å². The van der Waals surface area contributed by atoms with Gasteiger partial charge in [-0.2, -0.15) is 0 Å². The van der Waals surface area contributed by atoms with Gasteiger partial charge in [0, 0.05) is 24.4 Å². The molecule has 0 aromatic carbocycles. The van der Waals surface area contributed by atoms with Gasteiger partial charge in [-0.3, -0.25) is 4.79 Å². The lowest BCUT2D eigenvalue weighted by Crippen LogP contribution is -2.48. The summed E-state index contributed by atoms with van der Waals surface area (Å²) in [6, 6.07) is 3.16. The first-order valence-electron chi connectivity index (χ1n) is 10.5. The van der Waals surface area contributed by atoms with Gasteiger partial charge in [0.15, 0.2) is 8.32 Å². The molecule has 0 spiro atoms. The highest BCUT2D eigenvalue weighted by Crippen LogP contribution is 2.39. The zero-order valence-corrected chi connectivity index (χ0v) is 19.7. The molecule has 158 valence electrons. The first-order valence-corrected chi connectivity index (χ1v) is 13.1. The van der Waals surface area contributed by atoms with Gasteiger partial charge in [-0.15, -0.1) is 0 Å². The Labute approximate surface area is 167 Å². The third-order valence-electron chi connectivity index (χ3n) is 6.04. The Kier molecular flexibility index (Phi) is 8.70. The van der Waals surface area contributed by atoms with Crippen LogP contribution in [0.3, 0.4) is 0 Å². The van der Waals surface area contributed by atoms with Crippen LogP contribution in [0.5, 0.6) is 0 Å². The van der Waals surface area contributed by atoms with E-state index in [1.54, 1.807) is 0 Å². The Morgan fingerprint density at radius 2 is 1.78 bits per heavy atom. The van der Waals surface area contributed by atoms with Crippen LogP contribution in [-0.2, 0) is 18.8 Å². The maximum atomic E-state index is 13.1. The average Bonchev–Trinajstić information content (AvgIpc) is 2.89. The molecule has 6 heteroatoms.